The van der Waals surface area contributed by atoms with E-state index in [1.54, 1.807) is 24.3 Å². The minimum absolute atomic E-state index is 0.000115. The van der Waals surface area contributed by atoms with Crippen molar-refractivity contribution in [2.75, 3.05) is 39.8 Å². The highest BCUT2D eigenvalue weighted by Gasteiger charge is 2.16. The van der Waals surface area contributed by atoms with Crippen LogP contribution < -0.4 is 4.72 Å². The summed E-state index contributed by atoms with van der Waals surface area (Å²) in [6.07, 6.45) is 4.27. The molecule has 1 aromatic carbocycles. The lowest BCUT2D eigenvalue weighted by molar-refractivity contribution is -0.125. The van der Waals surface area contributed by atoms with Crippen molar-refractivity contribution in [2.24, 2.45) is 0 Å². The number of benzene rings is 1. The third-order valence-corrected chi connectivity index (χ3v) is 5.66. The Kier molecular flexibility index (Phi) is 6.53. The summed E-state index contributed by atoms with van der Waals surface area (Å²) in [4.78, 5) is 16.7. The fourth-order valence-corrected chi connectivity index (χ4v) is 3.39. The van der Waals surface area contributed by atoms with Gasteiger partial charge in [0.1, 0.15) is 0 Å². The third kappa shape index (κ3) is 4.90. The lowest BCUT2D eigenvalue weighted by Crippen LogP contribution is -2.34. The van der Waals surface area contributed by atoms with Crippen molar-refractivity contribution in [1.82, 2.24) is 14.5 Å². The van der Waals surface area contributed by atoms with Crippen molar-refractivity contribution < 1.29 is 13.2 Å². The summed E-state index contributed by atoms with van der Waals surface area (Å²) < 4.78 is 25.6. The van der Waals surface area contributed by atoms with E-state index in [4.69, 9.17) is 0 Å². The number of nitrogens with zero attached hydrogens (tertiary/aromatic N) is 2. The van der Waals surface area contributed by atoms with Crippen molar-refractivity contribution in [3.05, 3.63) is 35.9 Å². The number of carbonyl (C=O) groups is 1. The molecule has 0 unspecified atom stereocenters. The molecule has 1 aliphatic heterocycles. The Morgan fingerprint density at radius 1 is 1.17 bits per heavy atom. The monoisotopic (exact) mass is 351 g/mol. The Bertz CT molecular complexity index is 684. The first-order valence-corrected chi connectivity index (χ1v) is 9.67. The maximum atomic E-state index is 12.3. The van der Waals surface area contributed by atoms with Crippen LogP contribution in [0, 0.1) is 0 Å². The smallest absolute Gasteiger partial charge is 0.246 e. The maximum absolute atomic E-state index is 12.3. The number of likely N-dealkylation sites (N-methyl/N-ethyl adjacent to an activating group) is 1. The van der Waals surface area contributed by atoms with Gasteiger partial charge in [-0.05, 0) is 50.3 Å². The first-order chi connectivity index (χ1) is 11.5. The van der Waals surface area contributed by atoms with Gasteiger partial charge in [0, 0.05) is 25.7 Å². The lowest BCUT2D eigenvalue weighted by atomic mass is 10.2. The van der Waals surface area contributed by atoms with Gasteiger partial charge in [-0.2, -0.15) is 0 Å². The summed E-state index contributed by atoms with van der Waals surface area (Å²) >= 11 is 0. The van der Waals surface area contributed by atoms with Gasteiger partial charge in [-0.15, -0.1) is 0 Å². The summed E-state index contributed by atoms with van der Waals surface area (Å²) in [6, 6.07) is 6.44. The summed E-state index contributed by atoms with van der Waals surface area (Å²) in [5.74, 6) is -0.000115. The molecule has 0 spiro atoms. The van der Waals surface area contributed by atoms with Gasteiger partial charge in [0.2, 0.25) is 15.9 Å². The van der Waals surface area contributed by atoms with Gasteiger partial charge in [0.05, 0.1) is 4.90 Å². The molecule has 1 aliphatic rings. The molecule has 2 rings (SSSR count). The van der Waals surface area contributed by atoms with Gasteiger partial charge in [0.15, 0.2) is 0 Å². The Labute approximate surface area is 144 Å². The van der Waals surface area contributed by atoms with Crippen molar-refractivity contribution in [2.45, 2.75) is 18.2 Å². The fourth-order valence-electron chi connectivity index (χ4n) is 2.66. The molecule has 0 bridgehead atoms. The van der Waals surface area contributed by atoms with Crippen LogP contribution >= 0.6 is 0 Å². The zero-order valence-corrected chi connectivity index (χ0v) is 15.1. The molecule has 1 amide bonds. The highest BCUT2D eigenvalue weighted by Crippen LogP contribution is 2.12. The largest absolute Gasteiger partial charge is 0.338 e. The number of nitrogens with one attached hydrogen (secondary N) is 1. The predicted molar refractivity (Wildman–Crippen MR) is 95.0 cm³/mol. The second-order valence-corrected chi connectivity index (χ2v) is 7.61. The predicted octanol–water partition coefficient (Wildman–Crippen LogP) is 1.16. The molecule has 0 aliphatic carbocycles. The molecule has 132 valence electrons. The maximum Gasteiger partial charge on any atom is 0.246 e. The van der Waals surface area contributed by atoms with Gasteiger partial charge in [-0.3, -0.25) is 4.79 Å². The van der Waals surface area contributed by atoms with Gasteiger partial charge >= 0.3 is 0 Å². The molecule has 0 atom stereocenters. The average molecular weight is 351 g/mol. The number of carbonyl (C=O) groups excluding carboxylic acids is 1. The molecule has 0 aromatic heterocycles. The Morgan fingerprint density at radius 2 is 1.88 bits per heavy atom. The number of sulfonamides is 1. The molecular formula is C17H25N3O3S. The van der Waals surface area contributed by atoms with E-state index in [1.807, 2.05) is 4.90 Å². The molecule has 6 nitrogen and oxygen atoms in total. The van der Waals surface area contributed by atoms with E-state index in [-0.39, 0.29) is 10.8 Å². The number of amides is 1. The van der Waals surface area contributed by atoms with Crippen LogP contribution in [0.25, 0.3) is 6.08 Å². The summed E-state index contributed by atoms with van der Waals surface area (Å²) in [5.41, 5.74) is 0.795. The SMILES string of the molecule is CCN1CCCN(C(=O)C=Cc2ccc(S(=O)(=O)NC)cc2)CC1. The molecule has 0 radical (unpaired) electrons. The van der Waals surface area contributed by atoms with Crippen LogP contribution in [0.1, 0.15) is 18.9 Å². The van der Waals surface area contributed by atoms with Crippen LogP contribution in [-0.2, 0) is 14.8 Å². The van der Waals surface area contributed by atoms with Crippen LogP contribution in [0.2, 0.25) is 0 Å². The quantitative estimate of drug-likeness (QED) is 0.809. The Morgan fingerprint density at radius 3 is 2.50 bits per heavy atom. The van der Waals surface area contributed by atoms with Crippen LogP contribution in [-0.4, -0.2) is 63.9 Å². The molecule has 1 saturated heterocycles. The van der Waals surface area contributed by atoms with Gasteiger partial charge in [0.25, 0.3) is 0 Å². The van der Waals surface area contributed by atoms with Gasteiger partial charge < -0.3 is 9.80 Å². The van der Waals surface area contributed by atoms with E-state index in [0.29, 0.717) is 0 Å². The number of rotatable bonds is 5. The van der Waals surface area contributed by atoms with E-state index < -0.39 is 10.0 Å². The highest BCUT2D eigenvalue weighted by molar-refractivity contribution is 7.89. The first kappa shape index (κ1) is 18.6. The summed E-state index contributed by atoms with van der Waals surface area (Å²) in [7, 11) is -2.05. The van der Waals surface area contributed by atoms with E-state index in [2.05, 4.69) is 16.5 Å². The molecule has 1 fully saturated rings. The normalized spacial score (nSPS) is 17.2. The van der Waals surface area contributed by atoms with Crippen LogP contribution in [0.3, 0.4) is 0 Å². The zero-order valence-electron chi connectivity index (χ0n) is 14.2. The molecule has 7 heteroatoms. The summed E-state index contributed by atoms with van der Waals surface area (Å²) in [5, 5.41) is 0. The van der Waals surface area contributed by atoms with Gasteiger partial charge in [-0.1, -0.05) is 19.1 Å². The van der Waals surface area contributed by atoms with Crippen molar-refractivity contribution >= 4 is 22.0 Å². The number of hydrogen-bond donors (Lipinski definition) is 1. The standard InChI is InChI=1S/C17H25N3O3S/c1-3-19-11-4-12-20(14-13-19)17(21)10-7-15-5-8-16(9-6-15)24(22,23)18-2/h5-10,18H,3-4,11-14H2,1-2H3. The van der Waals surface area contributed by atoms with E-state index in [0.717, 1.165) is 44.7 Å². The zero-order chi connectivity index (χ0) is 17.6. The number of hydrogen-bond acceptors (Lipinski definition) is 4. The fraction of sp³-hybridized carbons (Fsp3) is 0.471. The average Bonchev–Trinajstić information content (AvgIpc) is 2.85. The van der Waals surface area contributed by atoms with E-state index in [9.17, 15) is 13.2 Å². The minimum Gasteiger partial charge on any atom is -0.338 e. The van der Waals surface area contributed by atoms with Gasteiger partial charge in [-0.25, -0.2) is 13.1 Å². The topological polar surface area (TPSA) is 69.7 Å². The molecule has 1 aromatic rings. The molecular weight excluding hydrogens is 326 g/mol. The lowest BCUT2D eigenvalue weighted by Gasteiger charge is -2.19. The van der Waals surface area contributed by atoms with Crippen molar-refractivity contribution in [1.29, 1.82) is 0 Å². The second kappa shape index (κ2) is 8.41. The van der Waals surface area contributed by atoms with Crippen LogP contribution in [0.15, 0.2) is 35.2 Å². The molecule has 24 heavy (non-hydrogen) atoms. The molecule has 1 N–H and O–H groups in total. The third-order valence-electron chi connectivity index (χ3n) is 4.22. The highest BCUT2D eigenvalue weighted by atomic mass is 32.2. The van der Waals surface area contributed by atoms with Crippen molar-refractivity contribution in [3.8, 4) is 0 Å². The Hall–Kier alpha value is -1.70. The first-order valence-electron chi connectivity index (χ1n) is 8.19. The minimum atomic E-state index is -3.43. The van der Waals surface area contributed by atoms with E-state index in [1.165, 1.54) is 19.2 Å². The Balaban J connectivity index is 1.98. The molecule has 1 heterocycles. The summed E-state index contributed by atoms with van der Waals surface area (Å²) in [6.45, 7) is 6.61. The second-order valence-electron chi connectivity index (χ2n) is 5.72. The molecule has 0 saturated carbocycles. The van der Waals surface area contributed by atoms with Crippen LogP contribution in [0.5, 0.6) is 0 Å². The van der Waals surface area contributed by atoms with Crippen LogP contribution in [0.4, 0.5) is 0 Å². The van der Waals surface area contributed by atoms with Crippen molar-refractivity contribution in [3.63, 3.8) is 0 Å². The van der Waals surface area contributed by atoms with E-state index >= 15 is 0 Å².